The number of hydrogen-bond donors (Lipinski definition) is 1. The summed E-state index contributed by atoms with van der Waals surface area (Å²) in [4.78, 5) is 20.4. The van der Waals surface area contributed by atoms with Crippen LogP contribution in [0.4, 0.5) is 5.69 Å². The Kier molecular flexibility index (Phi) is 5.42. The summed E-state index contributed by atoms with van der Waals surface area (Å²) in [5.74, 6) is -0.0938. The van der Waals surface area contributed by atoms with Crippen LogP contribution in [0, 0.1) is 0 Å². The zero-order valence-corrected chi connectivity index (χ0v) is 17.5. The van der Waals surface area contributed by atoms with Crippen LogP contribution in [0.3, 0.4) is 0 Å². The molecule has 0 radical (unpaired) electrons. The zero-order chi connectivity index (χ0) is 20.5. The number of aryl methyl sites for hydroxylation is 1. The second-order valence-electron chi connectivity index (χ2n) is 7.97. The normalized spacial score (nSPS) is 16.6. The highest BCUT2D eigenvalue weighted by Crippen LogP contribution is 2.32. The molecule has 0 unspecified atom stereocenters. The summed E-state index contributed by atoms with van der Waals surface area (Å²) in [7, 11) is 0. The van der Waals surface area contributed by atoms with E-state index >= 15 is 0 Å². The van der Waals surface area contributed by atoms with E-state index in [1.54, 1.807) is 0 Å². The molecule has 0 saturated carbocycles. The van der Waals surface area contributed by atoms with Gasteiger partial charge in [0.25, 0.3) is 5.91 Å². The van der Waals surface area contributed by atoms with Crippen molar-refractivity contribution < 1.29 is 9.53 Å². The number of anilines is 1. The Labute approximate surface area is 181 Å². The number of pyridine rings is 1. The van der Waals surface area contributed by atoms with E-state index in [2.05, 4.69) is 22.3 Å². The lowest BCUT2D eigenvalue weighted by molar-refractivity contribution is 0.0342. The minimum atomic E-state index is -0.0938. The number of rotatable bonds is 4. The number of carbonyl (C=O) groups is 1. The number of carbonyl (C=O) groups excluding carboxylic acids is 1. The molecule has 1 aromatic heterocycles. The molecular formula is C24H24ClN3O2. The molecule has 1 aliphatic carbocycles. The van der Waals surface area contributed by atoms with Gasteiger partial charge in [-0.25, -0.2) is 0 Å². The first kappa shape index (κ1) is 19.5. The van der Waals surface area contributed by atoms with E-state index in [-0.39, 0.29) is 5.91 Å². The van der Waals surface area contributed by atoms with Gasteiger partial charge in [-0.1, -0.05) is 23.7 Å². The fraction of sp³-hybridized carbons (Fsp3) is 0.333. The van der Waals surface area contributed by atoms with Crippen LogP contribution < -0.4 is 5.32 Å². The zero-order valence-electron chi connectivity index (χ0n) is 16.8. The van der Waals surface area contributed by atoms with Crippen molar-refractivity contribution >= 4 is 34.1 Å². The van der Waals surface area contributed by atoms with Gasteiger partial charge in [-0.05, 0) is 60.7 Å². The molecule has 6 heteroatoms. The number of hydrogen-bond acceptors (Lipinski definition) is 4. The van der Waals surface area contributed by atoms with Gasteiger partial charge in [-0.15, -0.1) is 0 Å². The topological polar surface area (TPSA) is 54.5 Å². The highest BCUT2D eigenvalue weighted by Gasteiger charge is 2.24. The number of morpholine rings is 1. The predicted octanol–water partition coefficient (Wildman–Crippen LogP) is 4.46. The SMILES string of the molecule is O=C(Nc1ccc(CN2CCOCC2)cc1)c1c2c(nc3ccc(Cl)cc13)CCC2. The number of halogens is 1. The number of aromatic nitrogens is 1. The van der Waals surface area contributed by atoms with Crippen LogP contribution in [0.2, 0.25) is 5.02 Å². The van der Waals surface area contributed by atoms with Crippen LogP contribution in [0.25, 0.3) is 10.9 Å². The van der Waals surface area contributed by atoms with E-state index in [4.69, 9.17) is 21.3 Å². The van der Waals surface area contributed by atoms with E-state index in [0.29, 0.717) is 10.6 Å². The Morgan fingerprint density at radius 3 is 2.70 bits per heavy atom. The molecule has 1 fully saturated rings. The molecule has 1 aliphatic heterocycles. The first-order valence-electron chi connectivity index (χ1n) is 10.5. The summed E-state index contributed by atoms with van der Waals surface area (Å²) in [5.41, 5.74) is 5.67. The fourth-order valence-corrected chi connectivity index (χ4v) is 4.57. The smallest absolute Gasteiger partial charge is 0.256 e. The first-order chi connectivity index (χ1) is 14.7. The van der Waals surface area contributed by atoms with Gasteiger partial charge in [0.15, 0.2) is 0 Å². The number of nitrogens with one attached hydrogen (secondary N) is 1. The van der Waals surface area contributed by atoms with Crippen molar-refractivity contribution in [1.29, 1.82) is 0 Å². The molecule has 5 nitrogen and oxygen atoms in total. The van der Waals surface area contributed by atoms with Gasteiger partial charge in [-0.3, -0.25) is 14.7 Å². The number of amides is 1. The summed E-state index contributed by atoms with van der Waals surface area (Å²) < 4.78 is 5.41. The molecule has 3 aromatic rings. The Morgan fingerprint density at radius 1 is 1.10 bits per heavy atom. The van der Waals surface area contributed by atoms with Gasteiger partial charge in [0.05, 0.1) is 24.3 Å². The molecule has 2 aliphatic rings. The molecule has 1 saturated heterocycles. The summed E-state index contributed by atoms with van der Waals surface area (Å²) in [6.45, 7) is 4.41. The van der Waals surface area contributed by atoms with Gasteiger partial charge in [-0.2, -0.15) is 0 Å². The molecule has 1 amide bonds. The third kappa shape index (κ3) is 3.93. The lowest BCUT2D eigenvalue weighted by atomic mass is 10.0. The number of fused-ring (bicyclic) bond motifs is 2. The second kappa shape index (κ2) is 8.34. The molecule has 0 atom stereocenters. The molecule has 2 heterocycles. The van der Waals surface area contributed by atoms with Gasteiger partial charge in [0.2, 0.25) is 0 Å². The van der Waals surface area contributed by atoms with Crippen molar-refractivity contribution in [3.8, 4) is 0 Å². The van der Waals surface area contributed by atoms with Crippen LogP contribution in [0.15, 0.2) is 42.5 Å². The minimum absolute atomic E-state index is 0.0938. The Bertz CT molecular complexity index is 1090. The quantitative estimate of drug-likeness (QED) is 0.675. The molecule has 2 aromatic carbocycles. The van der Waals surface area contributed by atoms with Gasteiger partial charge in [0.1, 0.15) is 0 Å². The van der Waals surface area contributed by atoms with Crippen molar-refractivity contribution in [1.82, 2.24) is 9.88 Å². The van der Waals surface area contributed by atoms with Crippen molar-refractivity contribution in [2.75, 3.05) is 31.6 Å². The molecule has 5 rings (SSSR count). The van der Waals surface area contributed by atoms with Crippen molar-refractivity contribution in [3.63, 3.8) is 0 Å². The van der Waals surface area contributed by atoms with Crippen LogP contribution in [-0.2, 0) is 24.1 Å². The van der Waals surface area contributed by atoms with E-state index in [1.165, 1.54) is 5.56 Å². The van der Waals surface area contributed by atoms with E-state index in [0.717, 1.165) is 80.0 Å². The largest absolute Gasteiger partial charge is 0.379 e. The highest BCUT2D eigenvalue weighted by molar-refractivity contribution is 6.31. The van der Waals surface area contributed by atoms with Crippen LogP contribution in [0.5, 0.6) is 0 Å². The number of benzene rings is 2. The van der Waals surface area contributed by atoms with Crippen molar-refractivity contribution in [3.05, 3.63) is 69.9 Å². The molecule has 154 valence electrons. The third-order valence-electron chi connectivity index (χ3n) is 5.92. The molecular weight excluding hydrogens is 398 g/mol. The predicted molar refractivity (Wildman–Crippen MR) is 119 cm³/mol. The second-order valence-corrected chi connectivity index (χ2v) is 8.40. The average molecular weight is 422 g/mol. The molecule has 0 bridgehead atoms. The number of nitrogens with zero attached hydrogens (tertiary/aromatic N) is 2. The summed E-state index contributed by atoms with van der Waals surface area (Å²) >= 11 is 6.23. The van der Waals surface area contributed by atoms with Gasteiger partial charge < -0.3 is 10.1 Å². The Hall–Kier alpha value is -2.47. The minimum Gasteiger partial charge on any atom is -0.379 e. The summed E-state index contributed by atoms with van der Waals surface area (Å²) in [6, 6.07) is 13.7. The average Bonchev–Trinajstić information content (AvgIpc) is 3.22. The monoisotopic (exact) mass is 421 g/mol. The van der Waals surface area contributed by atoms with Crippen LogP contribution >= 0.6 is 11.6 Å². The van der Waals surface area contributed by atoms with Crippen molar-refractivity contribution in [2.24, 2.45) is 0 Å². The van der Waals surface area contributed by atoms with Crippen LogP contribution in [-0.4, -0.2) is 42.1 Å². The lowest BCUT2D eigenvalue weighted by Crippen LogP contribution is -2.35. The first-order valence-corrected chi connectivity index (χ1v) is 10.9. The Balaban J connectivity index is 1.39. The van der Waals surface area contributed by atoms with Gasteiger partial charge >= 0.3 is 0 Å². The third-order valence-corrected chi connectivity index (χ3v) is 6.16. The summed E-state index contributed by atoms with van der Waals surface area (Å²) in [6.07, 6.45) is 2.83. The molecule has 30 heavy (non-hydrogen) atoms. The van der Waals surface area contributed by atoms with E-state index < -0.39 is 0 Å². The van der Waals surface area contributed by atoms with E-state index in [9.17, 15) is 4.79 Å². The van der Waals surface area contributed by atoms with E-state index in [1.807, 2.05) is 30.3 Å². The van der Waals surface area contributed by atoms with Gasteiger partial charge in [0, 0.05) is 41.4 Å². The van der Waals surface area contributed by atoms with Crippen molar-refractivity contribution in [2.45, 2.75) is 25.8 Å². The van der Waals surface area contributed by atoms with Crippen LogP contribution in [0.1, 0.15) is 33.6 Å². The number of ether oxygens (including phenoxy) is 1. The highest BCUT2D eigenvalue weighted by atomic mass is 35.5. The molecule has 1 N–H and O–H groups in total. The maximum Gasteiger partial charge on any atom is 0.256 e. The standard InChI is InChI=1S/C24H24ClN3O2/c25-17-6-9-22-20(14-17)23(19-2-1-3-21(19)27-22)24(29)26-18-7-4-16(5-8-18)15-28-10-12-30-13-11-28/h4-9,14H,1-3,10-13,15H2,(H,26,29). The summed E-state index contributed by atoms with van der Waals surface area (Å²) in [5, 5.41) is 4.53. The molecule has 0 spiro atoms. The Morgan fingerprint density at radius 2 is 1.90 bits per heavy atom. The lowest BCUT2D eigenvalue weighted by Gasteiger charge is -2.26. The fourth-order valence-electron chi connectivity index (χ4n) is 4.40. The maximum absolute atomic E-state index is 13.3. The maximum atomic E-state index is 13.3.